The molecule has 108 valence electrons. The van der Waals surface area contributed by atoms with Gasteiger partial charge in [0.15, 0.2) is 0 Å². The first-order valence-corrected chi connectivity index (χ1v) is 8.28. The van der Waals surface area contributed by atoms with Crippen LogP contribution in [0.5, 0.6) is 0 Å². The molecule has 0 aromatic rings. The van der Waals surface area contributed by atoms with Crippen molar-refractivity contribution in [3.05, 3.63) is 0 Å². The van der Waals surface area contributed by atoms with Crippen molar-refractivity contribution >= 4 is 11.8 Å². The normalized spacial score (nSPS) is 30.2. The highest BCUT2D eigenvalue weighted by atomic mass is 32.2. The van der Waals surface area contributed by atoms with Crippen LogP contribution in [0.3, 0.4) is 0 Å². The molecule has 1 saturated heterocycles. The van der Waals surface area contributed by atoms with Crippen LogP contribution in [0.1, 0.15) is 48.5 Å². The zero-order valence-corrected chi connectivity index (χ0v) is 14.1. The molecule has 1 fully saturated rings. The maximum absolute atomic E-state index is 3.63. The Labute approximate surface area is 118 Å². The molecule has 4 atom stereocenters. The Bertz CT molecular complexity index is 239. The van der Waals surface area contributed by atoms with E-state index in [4.69, 9.17) is 0 Å². The van der Waals surface area contributed by atoms with Gasteiger partial charge in [-0.25, -0.2) is 0 Å². The van der Waals surface area contributed by atoms with Crippen molar-refractivity contribution in [2.75, 3.05) is 19.6 Å². The van der Waals surface area contributed by atoms with Crippen molar-refractivity contribution < 1.29 is 0 Å². The van der Waals surface area contributed by atoms with Crippen molar-refractivity contribution in [2.24, 2.45) is 5.92 Å². The highest BCUT2D eigenvalue weighted by Gasteiger charge is 2.28. The SMILES string of the molecule is CC1CN(C(C)C(C)CNC(C)(C)C)CC(C)S1. The van der Waals surface area contributed by atoms with E-state index in [9.17, 15) is 0 Å². The van der Waals surface area contributed by atoms with Crippen LogP contribution in [-0.2, 0) is 0 Å². The summed E-state index contributed by atoms with van der Waals surface area (Å²) in [6.07, 6.45) is 0. The molecule has 18 heavy (non-hydrogen) atoms. The van der Waals surface area contributed by atoms with Crippen LogP contribution in [0.4, 0.5) is 0 Å². The molecular formula is C15H32N2S. The van der Waals surface area contributed by atoms with Crippen LogP contribution < -0.4 is 5.32 Å². The molecule has 0 bridgehead atoms. The second kappa shape index (κ2) is 6.62. The molecule has 0 aliphatic carbocycles. The third kappa shape index (κ3) is 5.50. The van der Waals surface area contributed by atoms with E-state index >= 15 is 0 Å². The summed E-state index contributed by atoms with van der Waals surface area (Å²) in [6.45, 7) is 19.8. The smallest absolute Gasteiger partial charge is 0.0149 e. The Balaban J connectivity index is 2.44. The lowest BCUT2D eigenvalue weighted by atomic mass is 9.99. The third-order valence-corrected chi connectivity index (χ3v) is 5.03. The average molecular weight is 273 g/mol. The first-order chi connectivity index (χ1) is 8.19. The van der Waals surface area contributed by atoms with Gasteiger partial charge in [-0.15, -0.1) is 0 Å². The zero-order chi connectivity index (χ0) is 13.9. The molecule has 0 spiro atoms. The maximum atomic E-state index is 3.63. The molecule has 0 radical (unpaired) electrons. The quantitative estimate of drug-likeness (QED) is 0.846. The van der Waals surface area contributed by atoms with Gasteiger partial charge in [0.1, 0.15) is 0 Å². The molecular weight excluding hydrogens is 240 g/mol. The first-order valence-electron chi connectivity index (χ1n) is 7.33. The van der Waals surface area contributed by atoms with E-state index in [-0.39, 0.29) is 5.54 Å². The van der Waals surface area contributed by atoms with Crippen LogP contribution in [0, 0.1) is 5.92 Å². The van der Waals surface area contributed by atoms with Crippen LogP contribution in [0.25, 0.3) is 0 Å². The number of rotatable bonds is 4. The van der Waals surface area contributed by atoms with Gasteiger partial charge in [0.2, 0.25) is 0 Å². The Morgan fingerprint density at radius 3 is 2.11 bits per heavy atom. The maximum Gasteiger partial charge on any atom is 0.0149 e. The average Bonchev–Trinajstić information content (AvgIpc) is 2.22. The van der Waals surface area contributed by atoms with Gasteiger partial charge in [-0.3, -0.25) is 4.90 Å². The molecule has 4 unspecified atom stereocenters. The molecule has 1 aliphatic heterocycles. The summed E-state index contributed by atoms with van der Waals surface area (Å²) in [5.41, 5.74) is 0.228. The molecule has 0 saturated carbocycles. The minimum atomic E-state index is 0.228. The summed E-state index contributed by atoms with van der Waals surface area (Å²) in [6, 6.07) is 0.672. The third-order valence-electron chi connectivity index (χ3n) is 3.80. The second-order valence-corrected chi connectivity index (χ2v) is 8.94. The molecule has 1 rings (SSSR count). The van der Waals surface area contributed by atoms with Gasteiger partial charge in [0.25, 0.3) is 0 Å². The largest absolute Gasteiger partial charge is 0.312 e. The monoisotopic (exact) mass is 272 g/mol. The molecule has 0 amide bonds. The van der Waals surface area contributed by atoms with Crippen LogP contribution in [0.2, 0.25) is 0 Å². The predicted octanol–water partition coefficient (Wildman–Crippen LogP) is 3.22. The number of nitrogens with one attached hydrogen (secondary N) is 1. The van der Waals surface area contributed by atoms with Crippen molar-refractivity contribution in [1.82, 2.24) is 10.2 Å². The fraction of sp³-hybridized carbons (Fsp3) is 1.00. The van der Waals surface area contributed by atoms with Crippen molar-refractivity contribution in [1.29, 1.82) is 0 Å². The Kier molecular flexibility index (Phi) is 6.01. The fourth-order valence-electron chi connectivity index (χ4n) is 2.55. The number of nitrogens with zero attached hydrogens (tertiary/aromatic N) is 1. The topological polar surface area (TPSA) is 15.3 Å². The van der Waals surface area contributed by atoms with E-state index in [1.807, 2.05) is 0 Å². The summed E-state index contributed by atoms with van der Waals surface area (Å²) >= 11 is 2.13. The van der Waals surface area contributed by atoms with Gasteiger partial charge in [-0.05, 0) is 40.2 Å². The van der Waals surface area contributed by atoms with Gasteiger partial charge in [-0.1, -0.05) is 20.8 Å². The molecule has 3 heteroatoms. The fourth-order valence-corrected chi connectivity index (χ4v) is 3.90. The number of thioether (sulfide) groups is 1. The van der Waals surface area contributed by atoms with Crippen molar-refractivity contribution in [2.45, 2.75) is 70.5 Å². The molecule has 1 heterocycles. The highest BCUT2D eigenvalue weighted by Crippen LogP contribution is 2.27. The Morgan fingerprint density at radius 1 is 1.17 bits per heavy atom. The first kappa shape index (κ1) is 16.3. The summed E-state index contributed by atoms with van der Waals surface area (Å²) < 4.78 is 0. The van der Waals surface area contributed by atoms with Crippen LogP contribution >= 0.6 is 11.8 Å². The van der Waals surface area contributed by atoms with Crippen molar-refractivity contribution in [3.8, 4) is 0 Å². The summed E-state index contributed by atoms with van der Waals surface area (Å²) in [5.74, 6) is 0.701. The summed E-state index contributed by atoms with van der Waals surface area (Å²) in [7, 11) is 0. The van der Waals surface area contributed by atoms with E-state index in [0.717, 1.165) is 17.0 Å². The van der Waals surface area contributed by atoms with Gasteiger partial charge in [0.05, 0.1) is 0 Å². The lowest BCUT2D eigenvalue weighted by Crippen LogP contribution is -2.50. The van der Waals surface area contributed by atoms with E-state index in [1.165, 1.54) is 13.1 Å². The molecule has 0 aromatic heterocycles. The van der Waals surface area contributed by atoms with E-state index < -0.39 is 0 Å². The van der Waals surface area contributed by atoms with Gasteiger partial charge < -0.3 is 5.32 Å². The molecule has 1 aliphatic rings. The Hall–Kier alpha value is 0.270. The van der Waals surface area contributed by atoms with Gasteiger partial charge in [-0.2, -0.15) is 11.8 Å². The summed E-state index contributed by atoms with van der Waals surface area (Å²) in [5, 5.41) is 5.19. The Morgan fingerprint density at radius 2 is 1.67 bits per heavy atom. The van der Waals surface area contributed by atoms with E-state index in [1.54, 1.807) is 0 Å². The minimum Gasteiger partial charge on any atom is -0.312 e. The van der Waals surface area contributed by atoms with Gasteiger partial charge >= 0.3 is 0 Å². The minimum absolute atomic E-state index is 0.228. The number of hydrogen-bond acceptors (Lipinski definition) is 3. The molecule has 1 N–H and O–H groups in total. The van der Waals surface area contributed by atoms with Crippen molar-refractivity contribution in [3.63, 3.8) is 0 Å². The predicted molar refractivity (Wildman–Crippen MR) is 84.5 cm³/mol. The standard InChI is InChI=1S/C15H32N2S/c1-11(8-16-15(5,6)7)14(4)17-9-12(2)18-13(3)10-17/h11-14,16H,8-10H2,1-7H3. The lowest BCUT2D eigenvalue weighted by molar-refractivity contribution is 0.153. The molecule has 2 nitrogen and oxygen atoms in total. The van der Waals surface area contributed by atoms with Gasteiger partial charge in [0, 0.05) is 35.2 Å². The number of hydrogen-bond donors (Lipinski definition) is 1. The molecule has 0 aromatic carbocycles. The highest BCUT2D eigenvalue weighted by molar-refractivity contribution is 8.00. The van der Waals surface area contributed by atoms with E-state index in [2.05, 4.69) is 70.4 Å². The zero-order valence-electron chi connectivity index (χ0n) is 13.3. The summed E-state index contributed by atoms with van der Waals surface area (Å²) in [4.78, 5) is 2.68. The van der Waals surface area contributed by atoms with Crippen LogP contribution in [-0.4, -0.2) is 46.6 Å². The lowest BCUT2D eigenvalue weighted by Gasteiger charge is -2.41. The van der Waals surface area contributed by atoms with Crippen LogP contribution in [0.15, 0.2) is 0 Å². The second-order valence-electron chi connectivity index (χ2n) is 7.06. The van der Waals surface area contributed by atoms with E-state index in [0.29, 0.717) is 12.0 Å².